The number of nitrogens with zero attached hydrogens (tertiary/aromatic N) is 3. The van der Waals surface area contributed by atoms with E-state index >= 15 is 0 Å². The third-order valence-corrected chi connectivity index (χ3v) is 6.49. The molecule has 0 unspecified atom stereocenters. The Morgan fingerprint density at radius 2 is 1.69 bits per heavy atom. The minimum atomic E-state index is 0.0299. The maximum atomic E-state index is 12.8. The fourth-order valence-electron chi connectivity index (χ4n) is 4.42. The normalized spacial score (nSPS) is 21.2. The third kappa shape index (κ3) is 5.80. The van der Waals surface area contributed by atoms with Gasteiger partial charge in [-0.05, 0) is 56.7 Å². The number of piperazine rings is 1. The summed E-state index contributed by atoms with van der Waals surface area (Å²) in [6.45, 7) is 11.4. The average molecular weight is 401 g/mol. The summed E-state index contributed by atoms with van der Waals surface area (Å²) in [7, 11) is 0. The molecule has 2 amide bonds. The Morgan fingerprint density at radius 3 is 2.38 bits per heavy atom. The highest BCUT2D eigenvalue weighted by Gasteiger charge is 2.28. The summed E-state index contributed by atoms with van der Waals surface area (Å²) in [5, 5.41) is 3.04. The number of nitrogens with one attached hydrogen (secondary N) is 1. The van der Waals surface area contributed by atoms with E-state index in [9.17, 15) is 9.59 Å². The van der Waals surface area contributed by atoms with Crippen LogP contribution in [0.4, 0.5) is 5.69 Å². The van der Waals surface area contributed by atoms with E-state index in [1.165, 1.54) is 12.0 Å². The molecular formula is C23H36N4O2. The van der Waals surface area contributed by atoms with Crippen LogP contribution in [0.15, 0.2) is 18.2 Å². The highest BCUT2D eigenvalue weighted by Crippen LogP contribution is 2.20. The van der Waals surface area contributed by atoms with Crippen LogP contribution >= 0.6 is 0 Å². The fourth-order valence-corrected chi connectivity index (χ4v) is 4.42. The third-order valence-electron chi connectivity index (χ3n) is 6.49. The van der Waals surface area contributed by atoms with Crippen molar-refractivity contribution in [2.24, 2.45) is 0 Å². The van der Waals surface area contributed by atoms with E-state index in [2.05, 4.69) is 39.9 Å². The SMILES string of the molecule is CC[C@@H]1CCCCN1C(=O)CN1CCN(CC(=O)Nc2cccc(C)c2C)CC1. The molecule has 6 heteroatoms. The van der Waals surface area contributed by atoms with Crippen LogP contribution < -0.4 is 5.32 Å². The first-order valence-corrected chi connectivity index (χ1v) is 11.1. The predicted octanol–water partition coefficient (Wildman–Crippen LogP) is 2.65. The number of carbonyl (C=O) groups excluding carboxylic acids is 2. The summed E-state index contributed by atoms with van der Waals surface area (Å²) >= 11 is 0. The van der Waals surface area contributed by atoms with Gasteiger partial charge >= 0.3 is 0 Å². The number of rotatable bonds is 6. The van der Waals surface area contributed by atoms with Gasteiger partial charge in [-0.1, -0.05) is 19.1 Å². The zero-order valence-electron chi connectivity index (χ0n) is 18.2. The van der Waals surface area contributed by atoms with Crippen LogP contribution in [0.5, 0.6) is 0 Å². The van der Waals surface area contributed by atoms with Crippen molar-refractivity contribution in [1.29, 1.82) is 0 Å². The van der Waals surface area contributed by atoms with Gasteiger partial charge in [-0.25, -0.2) is 0 Å². The lowest BCUT2D eigenvalue weighted by Crippen LogP contribution is -2.53. The summed E-state index contributed by atoms with van der Waals surface area (Å²) in [6.07, 6.45) is 4.57. The largest absolute Gasteiger partial charge is 0.339 e. The van der Waals surface area contributed by atoms with Crippen molar-refractivity contribution in [3.05, 3.63) is 29.3 Å². The lowest BCUT2D eigenvalue weighted by Gasteiger charge is -2.38. The van der Waals surface area contributed by atoms with Crippen LogP contribution in [-0.2, 0) is 9.59 Å². The monoisotopic (exact) mass is 400 g/mol. The molecule has 6 nitrogen and oxygen atoms in total. The van der Waals surface area contributed by atoms with E-state index in [0.29, 0.717) is 19.1 Å². The van der Waals surface area contributed by atoms with Gasteiger partial charge in [-0.3, -0.25) is 19.4 Å². The molecule has 3 rings (SSSR count). The topological polar surface area (TPSA) is 55.9 Å². The van der Waals surface area contributed by atoms with Crippen molar-refractivity contribution in [2.75, 3.05) is 51.1 Å². The lowest BCUT2D eigenvalue weighted by molar-refractivity contribution is -0.136. The number of hydrogen-bond donors (Lipinski definition) is 1. The highest BCUT2D eigenvalue weighted by molar-refractivity contribution is 5.93. The van der Waals surface area contributed by atoms with Crippen LogP contribution in [0, 0.1) is 13.8 Å². The smallest absolute Gasteiger partial charge is 0.238 e. The van der Waals surface area contributed by atoms with Crippen LogP contribution in [0.25, 0.3) is 0 Å². The Hall–Kier alpha value is -1.92. The second-order valence-electron chi connectivity index (χ2n) is 8.49. The molecule has 0 bridgehead atoms. The Morgan fingerprint density at radius 1 is 1.00 bits per heavy atom. The molecule has 2 aliphatic rings. The number of anilines is 1. The number of hydrogen-bond acceptors (Lipinski definition) is 4. The maximum Gasteiger partial charge on any atom is 0.238 e. The molecule has 0 saturated carbocycles. The van der Waals surface area contributed by atoms with Crippen molar-refractivity contribution in [1.82, 2.24) is 14.7 Å². The van der Waals surface area contributed by atoms with Gasteiger partial charge in [-0.2, -0.15) is 0 Å². The van der Waals surface area contributed by atoms with Crippen molar-refractivity contribution in [3.8, 4) is 0 Å². The molecule has 0 aromatic heterocycles. The molecule has 2 heterocycles. The van der Waals surface area contributed by atoms with Crippen LogP contribution in [0.2, 0.25) is 0 Å². The molecule has 1 aromatic carbocycles. The van der Waals surface area contributed by atoms with Gasteiger partial charge in [0.1, 0.15) is 0 Å². The van der Waals surface area contributed by atoms with Gasteiger partial charge in [-0.15, -0.1) is 0 Å². The molecule has 0 aliphatic carbocycles. The molecule has 29 heavy (non-hydrogen) atoms. The van der Waals surface area contributed by atoms with E-state index in [4.69, 9.17) is 0 Å². The average Bonchev–Trinajstić information content (AvgIpc) is 2.72. The van der Waals surface area contributed by atoms with Gasteiger partial charge in [0.25, 0.3) is 0 Å². The molecule has 1 atom stereocenters. The van der Waals surface area contributed by atoms with Crippen LogP contribution in [0.3, 0.4) is 0 Å². The summed E-state index contributed by atoms with van der Waals surface area (Å²) in [5.41, 5.74) is 3.19. The van der Waals surface area contributed by atoms with Crippen molar-refractivity contribution in [3.63, 3.8) is 0 Å². The first-order chi connectivity index (χ1) is 14.0. The Labute approximate surface area is 175 Å². The summed E-state index contributed by atoms with van der Waals surface area (Å²) < 4.78 is 0. The maximum absolute atomic E-state index is 12.8. The number of amides is 2. The second kappa shape index (κ2) is 10.2. The number of benzene rings is 1. The fraction of sp³-hybridized carbons (Fsp3) is 0.652. The number of aryl methyl sites for hydroxylation is 1. The Kier molecular flexibility index (Phi) is 7.67. The molecular weight excluding hydrogens is 364 g/mol. The Bertz CT molecular complexity index is 713. The van der Waals surface area contributed by atoms with Gasteiger partial charge in [0.2, 0.25) is 11.8 Å². The van der Waals surface area contributed by atoms with Crippen molar-refractivity contribution >= 4 is 17.5 Å². The zero-order chi connectivity index (χ0) is 20.8. The minimum absolute atomic E-state index is 0.0299. The molecule has 160 valence electrons. The van der Waals surface area contributed by atoms with E-state index in [0.717, 1.165) is 63.2 Å². The molecule has 1 N–H and O–H groups in total. The number of piperidine rings is 1. The lowest BCUT2D eigenvalue weighted by atomic mass is 10.00. The molecule has 2 fully saturated rings. The molecule has 2 saturated heterocycles. The van der Waals surface area contributed by atoms with Crippen LogP contribution in [0.1, 0.15) is 43.7 Å². The summed E-state index contributed by atoms with van der Waals surface area (Å²) in [6, 6.07) is 6.40. The molecule has 1 aromatic rings. The van der Waals surface area contributed by atoms with Crippen molar-refractivity contribution < 1.29 is 9.59 Å². The second-order valence-corrected chi connectivity index (χ2v) is 8.49. The van der Waals surface area contributed by atoms with Gasteiger partial charge in [0, 0.05) is 44.5 Å². The molecule has 0 radical (unpaired) electrons. The molecule has 0 spiro atoms. The minimum Gasteiger partial charge on any atom is -0.339 e. The highest BCUT2D eigenvalue weighted by atomic mass is 16.2. The van der Waals surface area contributed by atoms with E-state index in [-0.39, 0.29) is 11.8 Å². The predicted molar refractivity (Wildman–Crippen MR) is 117 cm³/mol. The number of likely N-dealkylation sites (tertiary alicyclic amines) is 1. The Balaban J connectivity index is 1.42. The quantitative estimate of drug-likeness (QED) is 0.798. The first kappa shape index (κ1) is 21.8. The van der Waals surface area contributed by atoms with Crippen molar-refractivity contribution in [2.45, 2.75) is 52.5 Å². The van der Waals surface area contributed by atoms with Crippen LogP contribution in [-0.4, -0.2) is 78.4 Å². The van der Waals surface area contributed by atoms with Gasteiger partial charge in [0.15, 0.2) is 0 Å². The standard InChI is InChI=1S/C23H36N4O2/c1-4-20-9-5-6-11-27(20)23(29)17-26-14-12-25(13-15-26)16-22(28)24-21-10-7-8-18(2)19(21)3/h7-8,10,20H,4-6,9,11-17H2,1-3H3,(H,24,28)/t20-/m1/s1. The zero-order valence-corrected chi connectivity index (χ0v) is 18.2. The first-order valence-electron chi connectivity index (χ1n) is 11.1. The summed E-state index contributed by atoms with van der Waals surface area (Å²) in [5.74, 6) is 0.306. The number of carbonyl (C=O) groups is 2. The van der Waals surface area contributed by atoms with Gasteiger partial charge < -0.3 is 10.2 Å². The summed E-state index contributed by atoms with van der Waals surface area (Å²) in [4.78, 5) is 31.7. The van der Waals surface area contributed by atoms with Gasteiger partial charge in [0.05, 0.1) is 13.1 Å². The molecule has 2 aliphatic heterocycles. The van der Waals surface area contributed by atoms with E-state index in [1.54, 1.807) is 0 Å². The van der Waals surface area contributed by atoms with E-state index in [1.807, 2.05) is 19.1 Å². The van der Waals surface area contributed by atoms with E-state index < -0.39 is 0 Å².